The van der Waals surface area contributed by atoms with Gasteiger partial charge in [-0.1, -0.05) is 13.8 Å². The van der Waals surface area contributed by atoms with Gasteiger partial charge in [0.05, 0.1) is 23.1 Å². The molecule has 7 nitrogen and oxygen atoms in total. The van der Waals surface area contributed by atoms with Crippen LogP contribution in [0.2, 0.25) is 0 Å². The molecule has 2 aromatic rings. The molecular weight excluding hydrogens is 234 g/mol. The smallest absolute Gasteiger partial charge is 0.338 e. The Labute approximate surface area is 104 Å². The molecule has 0 atom stereocenters. The number of carboxylic acids is 1. The van der Waals surface area contributed by atoms with E-state index in [9.17, 15) is 4.79 Å². The van der Waals surface area contributed by atoms with E-state index in [1.54, 1.807) is 0 Å². The maximum absolute atomic E-state index is 10.8. The molecule has 2 heterocycles. The fourth-order valence-corrected chi connectivity index (χ4v) is 1.57. The van der Waals surface area contributed by atoms with Crippen LogP contribution in [0.25, 0.3) is 5.95 Å². The molecule has 2 rings (SSSR count). The Morgan fingerprint density at radius 3 is 2.56 bits per heavy atom. The van der Waals surface area contributed by atoms with E-state index >= 15 is 0 Å². The second kappa shape index (κ2) is 4.91. The molecule has 0 spiro atoms. The minimum Gasteiger partial charge on any atom is -0.478 e. The zero-order chi connectivity index (χ0) is 13.1. The predicted octanol–water partition coefficient (Wildman–Crippen LogP) is 0.880. The summed E-state index contributed by atoms with van der Waals surface area (Å²) in [6, 6.07) is 0. The van der Waals surface area contributed by atoms with Crippen LogP contribution in [0.3, 0.4) is 0 Å². The fourth-order valence-electron chi connectivity index (χ4n) is 1.57. The van der Waals surface area contributed by atoms with Crippen molar-refractivity contribution in [2.45, 2.75) is 26.7 Å². The van der Waals surface area contributed by atoms with Crippen molar-refractivity contribution in [2.75, 3.05) is 0 Å². The largest absolute Gasteiger partial charge is 0.478 e. The van der Waals surface area contributed by atoms with Gasteiger partial charge in [0, 0.05) is 6.20 Å². The lowest BCUT2D eigenvalue weighted by atomic mass is 10.2. The normalized spacial score (nSPS) is 10.6. The summed E-state index contributed by atoms with van der Waals surface area (Å²) in [6.07, 6.45) is 4.14. The summed E-state index contributed by atoms with van der Waals surface area (Å²) in [5, 5.41) is 20.8. The first-order valence-electron chi connectivity index (χ1n) is 5.66. The maximum Gasteiger partial charge on any atom is 0.338 e. The number of aromatic carboxylic acids is 1. The van der Waals surface area contributed by atoms with Crippen LogP contribution in [0.1, 0.15) is 35.6 Å². The average Bonchev–Trinajstić information content (AvgIpc) is 2.87. The van der Waals surface area contributed by atoms with Crippen molar-refractivity contribution >= 4 is 5.97 Å². The highest BCUT2D eigenvalue weighted by Gasteiger charge is 2.11. The Hall–Kier alpha value is -2.31. The third-order valence-corrected chi connectivity index (χ3v) is 2.53. The minimum atomic E-state index is -1.03. The van der Waals surface area contributed by atoms with Gasteiger partial charge < -0.3 is 5.11 Å². The van der Waals surface area contributed by atoms with Gasteiger partial charge in [-0.3, -0.25) is 0 Å². The van der Waals surface area contributed by atoms with Crippen LogP contribution in [-0.2, 0) is 12.8 Å². The molecule has 0 radical (unpaired) electrons. The molecule has 0 bridgehead atoms. The molecule has 94 valence electrons. The van der Waals surface area contributed by atoms with Gasteiger partial charge in [0.15, 0.2) is 0 Å². The minimum absolute atomic E-state index is 0.0937. The summed E-state index contributed by atoms with van der Waals surface area (Å²) in [6.45, 7) is 3.97. The predicted molar refractivity (Wildman–Crippen MR) is 62.7 cm³/mol. The van der Waals surface area contributed by atoms with Crippen LogP contribution in [0, 0.1) is 0 Å². The number of aromatic nitrogens is 5. The number of nitrogens with zero attached hydrogens (tertiary/aromatic N) is 5. The van der Waals surface area contributed by atoms with Crippen molar-refractivity contribution in [3.8, 4) is 5.95 Å². The van der Waals surface area contributed by atoms with Crippen LogP contribution >= 0.6 is 0 Å². The molecule has 0 saturated carbocycles. The first-order chi connectivity index (χ1) is 8.65. The summed E-state index contributed by atoms with van der Waals surface area (Å²) in [4.78, 5) is 15.1. The Kier molecular flexibility index (Phi) is 3.31. The summed E-state index contributed by atoms with van der Waals surface area (Å²) >= 11 is 0. The van der Waals surface area contributed by atoms with Gasteiger partial charge in [-0.25, -0.2) is 14.5 Å². The zero-order valence-electron chi connectivity index (χ0n) is 10.2. The molecule has 0 aliphatic heterocycles. The van der Waals surface area contributed by atoms with Crippen molar-refractivity contribution in [2.24, 2.45) is 0 Å². The number of carboxylic acid groups (broad SMARTS) is 1. The first-order valence-corrected chi connectivity index (χ1v) is 5.66. The van der Waals surface area contributed by atoms with Crippen molar-refractivity contribution in [1.82, 2.24) is 25.0 Å². The van der Waals surface area contributed by atoms with Crippen molar-refractivity contribution in [3.63, 3.8) is 0 Å². The number of aryl methyl sites for hydroxylation is 2. The lowest BCUT2D eigenvalue weighted by molar-refractivity contribution is 0.0697. The number of carbonyl (C=O) groups is 1. The third kappa shape index (κ3) is 2.20. The molecule has 0 aliphatic carbocycles. The Morgan fingerprint density at radius 2 is 2.00 bits per heavy atom. The first kappa shape index (κ1) is 12.2. The van der Waals surface area contributed by atoms with Crippen LogP contribution in [-0.4, -0.2) is 36.0 Å². The topological polar surface area (TPSA) is 93.8 Å². The van der Waals surface area contributed by atoms with Crippen LogP contribution in [0.15, 0.2) is 12.4 Å². The van der Waals surface area contributed by atoms with Crippen molar-refractivity contribution in [3.05, 3.63) is 29.3 Å². The molecule has 7 heteroatoms. The summed E-state index contributed by atoms with van der Waals surface area (Å²) in [5.41, 5.74) is 1.80. The fraction of sp³-hybridized carbons (Fsp3) is 0.364. The van der Waals surface area contributed by atoms with E-state index in [1.165, 1.54) is 17.1 Å². The molecule has 18 heavy (non-hydrogen) atoms. The number of rotatable bonds is 4. The van der Waals surface area contributed by atoms with Gasteiger partial charge in [-0.15, -0.1) is 10.2 Å². The second-order valence-corrected chi connectivity index (χ2v) is 3.69. The molecule has 0 aliphatic rings. The summed E-state index contributed by atoms with van der Waals surface area (Å²) in [5.74, 6) is -0.744. The molecule has 0 amide bonds. The zero-order valence-corrected chi connectivity index (χ0v) is 10.2. The monoisotopic (exact) mass is 247 g/mol. The van der Waals surface area contributed by atoms with E-state index in [0.717, 1.165) is 24.2 Å². The van der Waals surface area contributed by atoms with Crippen LogP contribution < -0.4 is 0 Å². The highest BCUT2D eigenvalue weighted by molar-refractivity contribution is 5.86. The molecule has 0 saturated heterocycles. The quantitative estimate of drug-likeness (QED) is 0.861. The van der Waals surface area contributed by atoms with Crippen molar-refractivity contribution in [1.29, 1.82) is 0 Å². The average molecular weight is 247 g/mol. The standard InChI is InChI=1S/C11H13N5O2/c1-3-8-9(4-2)14-15-11(13-8)16-6-7(5-12-16)10(17)18/h5-6H,3-4H2,1-2H3,(H,17,18). The van der Waals surface area contributed by atoms with E-state index < -0.39 is 5.97 Å². The van der Waals surface area contributed by atoms with Gasteiger partial charge in [0.25, 0.3) is 5.95 Å². The van der Waals surface area contributed by atoms with Gasteiger partial charge in [0.2, 0.25) is 0 Å². The van der Waals surface area contributed by atoms with Crippen LogP contribution in [0.5, 0.6) is 0 Å². The number of hydrogen-bond acceptors (Lipinski definition) is 5. The van der Waals surface area contributed by atoms with E-state index in [0.29, 0.717) is 0 Å². The highest BCUT2D eigenvalue weighted by atomic mass is 16.4. The van der Waals surface area contributed by atoms with E-state index in [-0.39, 0.29) is 11.5 Å². The van der Waals surface area contributed by atoms with Gasteiger partial charge in [0.1, 0.15) is 0 Å². The molecule has 0 unspecified atom stereocenters. The highest BCUT2D eigenvalue weighted by Crippen LogP contribution is 2.07. The molecule has 2 aromatic heterocycles. The maximum atomic E-state index is 10.8. The second-order valence-electron chi connectivity index (χ2n) is 3.69. The Balaban J connectivity index is 2.41. The summed E-state index contributed by atoms with van der Waals surface area (Å²) in [7, 11) is 0. The van der Waals surface area contributed by atoms with E-state index in [2.05, 4.69) is 20.3 Å². The number of hydrogen-bond donors (Lipinski definition) is 1. The molecule has 0 aromatic carbocycles. The van der Waals surface area contributed by atoms with Crippen LogP contribution in [0.4, 0.5) is 0 Å². The Bertz CT molecular complexity index is 579. The van der Waals surface area contributed by atoms with Crippen molar-refractivity contribution < 1.29 is 9.90 Å². The van der Waals surface area contributed by atoms with E-state index in [1.807, 2.05) is 13.8 Å². The van der Waals surface area contributed by atoms with Gasteiger partial charge >= 0.3 is 5.97 Å². The van der Waals surface area contributed by atoms with Gasteiger partial charge in [-0.2, -0.15) is 5.10 Å². The summed E-state index contributed by atoms with van der Waals surface area (Å²) < 4.78 is 1.31. The van der Waals surface area contributed by atoms with E-state index in [4.69, 9.17) is 5.11 Å². The molecule has 1 N–H and O–H groups in total. The lowest BCUT2D eigenvalue weighted by Gasteiger charge is -2.04. The third-order valence-electron chi connectivity index (χ3n) is 2.53. The lowest BCUT2D eigenvalue weighted by Crippen LogP contribution is -2.09. The SMILES string of the molecule is CCc1nnc(-n2cc(C(=O)O)cn2)nc1CC. The Morgan fingerprint density at radius 1 is 1.28 bits per heavy atom. The molecule has 0 fully saturated rings. The van der Waals surface area contributed by atoms with Gasteiger partial charge in [-0.05, 0) is 12.8 Å². The molecular formula is C11H13N5O2.